The predicted octanol–water partition coefficient (Wildman–Crippen LogP) is 2.47. The number of ether oxygens (including phenoxy) is 1. The number of halogens is 1. The van der Waals surface area contributed by atoms with E-state index in [9.17, 15) is 9.18 Å². The quantitative estimate of drug-likeness (QED) is 0.931. The first kappa shape index (κ1) is 12.7. The summed E-state index contributed by atoms with van der Waals surface area (Å²) in [5.74, 6) is -0.101. The van der Waals surface area contributed by atoms with Crippen molar-refractivity contribution in [3.63, 3.8) is 0 Å². The lowest BCUT2D eigenvalue weighted by atomic mass is 10.3. The lowest BCUT2D eigenvalue weighted by molar-refractivity contribution is 0.387. The summed E-state index contributed by atoms with van der Waals surface area (Å²) in [7, 11) is 1.39. The Morgan fingerprint density at radius 2 is 2.25 bits per heavy atom. The van der Waals surface area contributed by atoms with E-state index in [1.807, 2.05) is 0 Å². The van der Waals surface area contributed by atoms with Gasteiger partial charge in [-0.1, -0.05) is 0 Å². The number of hydrogen-bond acceptors (Lipinski definition) is 4. The number of aromatic nitrogens is 2. The van der Waals surface area contributed by atoms with Crippen LogP contribution in [0, 0.1) is 5.82 Å². The van der Waals surface area contributed by atoms with Crippen LogP contribution in [-0.2, 0) is 0 Å². The average Bonchev–Trinajstić information content (AvgIpc) is 3.27. The minimum Gasteiger partial charge on any atom is -0.494 e. The SMILES string of the molecule is COc1cc(Nc2nccn(C3CC3)c2=O)ccc1F. The van der Waals surface area contributed by atoms with E-state index in [0.717, 1.165) is 12.8 Å². The molecule has 1 aromatic carbocycles. The van der Waals surface area contributed by atoms with Crippen LogP contribution < -0.4 is 15.6 Å². The van der Waals surface area contributed by atoms with Crippen LogP contribution >= 0.6 is 0 Å². The maximum absolute atomic E-state index is 13.3. The van der Waals surface area contributed by atoms with Crippen molar-refractivity contribution in [1.29, 1.82) is 0 Å². The molecule has 0 aliphatic heterocycles. The van der Waals surface area contributed by atoms with Crippen LogP contribution in [0.4, 0.5) is 15.9 Å². The van der Waals surface area contributed by atoms with Gasteiger partial charge in [0.15, 0.2) is 17.4 Å². The van der Waals surface area contributed by atoms with Gasteiger partial charge < -0.3 is 14.6 Å². The summed E-state index contributed by atoms with van der Waals surface area (Å²) in [6, 6.07) is 4.59. The molecule has 1 fully saturated rings. The van der Waals surface area contributed by atoms with E-state index >= 15 is 0 Å². The van der Waals surface area contributed by atoms with Gasteiger partial charge in [0.2, 0.25) is 0 Å². The summed E-state index contributed by atoms with van der Waals surface area (Å²) in [6.45, 7) is 0. The molecule has 1 N–H and O–H groups in total. The Hall–Kier alpha value is -2.37. The lowest BCUT2D eigenvalue weighted by Crippen LogP contribution is -2.22. The Morgan fingerprint density at radius 1 is 1.45 bits per heavy atom. The van der Waals surface area contributed by atoms with Crippen LogP contribution in [-0.4, -0.2) is 16.7 Å². The number of rotatable bonds is 4. The van der Waals surface area contributed by atoms with Crippen molar-refractivity contribution in [2.75, 3.05) is 12.4 Å². The molecule has 1 aliphatic rings. The third kappa shape index (κ3) is 2.36. The summed E-state index contributed by atoms with van der Waals surface area (Å²) >= 11 is 0. The largest absolute Gasteiger partial charge is 0.494 e. The average molecular weight is 275 g/mol. The first-order valence-corrected chi connectivity index (χ1v) is 6.37. The summed E-state index contributed by atoms with van der Waals surface area (Å²) in [5, 5.41) is 2.91. The summed E-state index contributed by atoms with van der Waals surface area (Å²) in [6.07, 6.45) is 5.32. The molecular weight excluding hydrogens is 261 g/mol. The molecule has 0 atom stereocenters. The van der Waals surface area contributed by atoms with E-state index in [0.29, 0.717) is 5.69 Å². The first-order chi connectivity index (χ1) is 9.69. The fraction of sp³-hybridized carbons (Fsp3) is 0.286. The zero-order chi connectivity index (χ0) is 14.1. The molecule has 5 nitrogen and oxygen atoms in total. The molecule has 104 valence electrons. The highest BCUT2D eigenvalue weighted by atomic mass is 19.1. The number of benzene rings is 1. The van der Waals surface area contributed by atoms with E-state index in [4.69, 9.17) is 4.74 Å². The van der Waals surface area contributed by atoms with Gasteiger partial charge in [-0.15, -0.1) is 0 Å². The second kappa shape index (κ2) is 4.96. The van der Waals surface area contributed by atoms with Gasteiger partial charge in [0.25, 0.3) is 5.56 Å². The molecule has 0 amide bonds. The standard InChI is InChI=1S/C14H14FN3O2/c1-20-12-8-9(2-5-11(12)15)17-13-14(19)18(7-6-16-13)10-3-4-10/h2,5-8,10H,3-4H2,1H3,(H,16,17). The Morgan fingerprint density at radius 3 is 2.95 bits per heavy atom. The molecule has 1 heterocycles. The van der Waals surface area contributed by atoms with Gasteiger partial charge in [0.1, 0.15) is 0 Å². The minimum atomic E-state index is -0.450. The second-order valence-electron chi connectivity index (χ2n) is 4.69. The molecule has 1 aromatic heterocycles. The summed E-state index contributed by atoms with van der Waals surface area (Å²) < 4.78 is 19.9. The van der Waals surface area contributed by atoms with E-state index in [-0.39, 0.29) is 23.2 Å². The molecule has 0 bridgehead atoms. The molecular formula is C14H14FN3O2. The zero-order valence-electron chi connectivity index (χ0n) is 11.0. The van der Waals surface area contributed by atoms with Crippen molar-refractivity contribution >= 4 is 11.5 Å². The van der Waals surface area contributed by atoms with Crippen LogP contribution in [0.5, 0.6) is 5.75 Å². The number of anilines is 2. The second-order valence-corrected chi connectivity index (χ2v) is 4.69. The molecule has 0 spiro atoms. The monoisotopic (exact) mass is 275 g/mol. The minimum absolute atomic E-state index is 0.119. The van der Waals surface area contributed by atoms with Gasteiger partial charge in [0.05, 0.1) is 7.11 Å². The summed E-state index contributed by atoms with van der Waals surface area (Å²) in [4.78, 5) is 16.3. The topological polar surface area (TPSA) is 56.1 Å². The van der Waals surface area contributed by atoms with Crippen molar-refractivity contribution in [3.05, 3.63) is 46.8 Å². The highest BCUT2D eigenvalue weighted by Gasteiger charge is 2.25. The Kier molecular flexibility index (Phi) is 3.14. The van der Waals surface area contributed by atoms with Crippen molar-refractivity contribution in [1.82, 2.24) is 9.55 Å². The van der Waals surface area contributed by atoms with Crippen LogP contribution in [0.1, 0.15) is 18.9 Å². The molecule has 0 radical (unpaired) electrons. The highest BCUT2D eigenvalue weighted by Crippen LogP contribution is 2.33. The van der Waals surface area contributed by atoms with E-state index < -0.39 is 5.82 Å². The van der Waals surface area contributed by atoms with Crippen LogP contribution in [0.3, 0.4) is 0 Å². The Bertz CT molecular complexity index is 695. The molecule has 1 aliphatic carbocycles. The molecule has 0 saturated heterocycles. The zero-order valence-corrected chi connectivity index (χ0v) is 11.0. The smallest absolute Gasteiger partial charge is 0.293 e. The van der Waals surface area contributed by atoms with Gasteiger partial charge in [-0.25, -0.2) is 9.37 Å². The molecule has 1 saturated carbocycles. The van der Waals surface area contributed by atoms with Gasteiger partial charge >= 0.3 is 0 Å². The van der Waals surface area contributed by atoms with E-state index in [1.54, 1.807) is 17.0 Å². The van der Waals surface area contributed by atoms with Crippen molar-refractivity contribution in [2.45, 2.75) is 18.9 Å². The summed E-state index contributed by atoms with van der Waals surface area (Å²) in [5.41, 5.74) is 0.389. The molecule has 3 rings (SSSR count). The Balaban J connectivity index is 1.91. The van der Waals surface area contributed by atoms with Crippen LogP contribution in [0.2, 0.25) is 0 Å². The van der Waals surface area contributed by atoms with Crippen molar-refractivity contribution in [3.8, 4) is 5.75 Å². The van der Waals surface area contributed by atoms with Crippen LogP contribution in [0.25, 0.3) is 0 Å². The number of hydrogen-bond donors (Lipinski definition) is 1. The third-order valence-corrected chi connectivity index (χ3v) is 3.22. The van der Waals surface area contributed by atoms with E-state index in [2.05, 4.69) is 10.3 Å². The van der Waals surface area contributed by atoms with Crippen molar-refractivity contribution in [2.24, 2.45) is 0 Å². The molecule has 6 heteroatoms. The van der Waals surface area contributed by atoms with E-state index in [1.165, 1.54) is 25.3 Å². The lowest BCUT2D eigenvalue weighted by Gasteiger charge is -2.09. The molecule has 20 heavy (non-hydrogen) atoms. The number of methoxy groups -OCH3 is 1. The maximum Gasteiger partial charge on any atom is 0.293 e. The van der Waals surface area contributed by atoms with Crippen molar-refractivity contribution < 1.29 is 9.13 Å². The molecule has 0 unspecified atom stereocenters. The fourth-order valence-electron chi connectivity index (χ4n) is 2.03. The molecule has 2 aromatic rings. The predicted molar refractivity (Wildman–Crippen MR) is 73.0 cm³/mol. The Labute approximate surface area is 115 Å². The van der Waals surface area contributed by atoms with Gasteiger partial charge in [0, 0.05) is 30.2 Å². The van der Waals surface area contributed by atoms with Gasteiger partial charge in [-0.3, -0.25) is 4.79 Å². The normalized spacial score (nSPS) is 14.1. The van der Waals surface area contributed by atoms with Crippen LogP contribution in [0.15, 0.2) is 35.4 Å². The maximum atomic E-state index is 13.3. The number of nitrogens with zero attached hydrogens (tertiary/aromatic N) is 2. The number of nitrogens with one attached hydrogen (secondary N) is 1. The first-order valence-electron chi connectivity index (χ1n) is 6.37. The fourth-order valence-corrected chi connectivity index (χ4v) is 2.03. The van der Waals surface area contributed by atoms with Gasteiger partial charge in [-0.05, 0) is 25.0 Å². The van der Waals surface area contributed by atoms with Gasteiger partial charge in [-0.2, -0.15) is 0 Å². The third-order valence-electron chi connectivity index (χ3n) is 3.22. The highest BCUT2D eigenvalue weighted by molar-refractivity contribution is 5.57.